The van der Waals surface area contributed by atoms with E-state index in [-0.39, 0.29) is 0 Å². The fourth-order valence-corrected chi connectivity index (χ4v) is 2.15. The summed E-state index contributed by atoms with van der Waals surface area (Å²) in [5.74, 6) is 1.50. The lowest BCUT2D eigenvalue weighted by molar-refractivity contribution is 0.303. The van der Waals surface area contributed by atoms with Crippen LogP contribution in [-0.2, 0) is 13.0 Å². The van der Waals surface area contributed by atoms with Crippen LogP contribution in [0.25, 0.3) is 0 Å². The van der Waals surface area contributed by atoms with E-state index >= 15 is 0 Å². The molecule has 2 aromatic rings. The van der Waals surface area contributed by atoms with E-state index in [9.17, 15) is 0 Å². The van der Waals surface area contributed by atoms with Crippen LogP contribution in [0, 0.1) is 5.92 Å². The van der Waals surface area contributed by atoms with Crippen molar-refractivity contribution in [2.75, 3.05) is 13.1 Å². The molecule has 0 unspecified atom stereocenters. The minimum Gasteiger partial charge on any atom is -0.487 e. The van der Waals surface area contributed by atoms with Gasteiger partial charge in [0.1, 0.15) is 12.4 Å². The van der Waals surface area contributed by atoms with E-state index in [4.69, 9.17) is 4.74 Å². The predicted octanol–water partition coefficient (Wildman–Crippen LogP) is 3.45. The summed E-state index contributed by atoms with van der Waals surface area (Å²) in [6, 6.07) is 12.3. The van der Waals surface area contributed by atoms with Gasteiger partial charge in [-0.3, -0.25) is 4.98 Å². The molecule has 3 heteroatoms. The van der Waals surface area contributed by atoms with E-state index in [2.05, 4.69) is 48.4 Å². The van der Waals surface area contributed by atoms with Gasteiger partial charge < -0.3 is 10.1 Å². The molecule has 0 saturated heterocycles. The Morgan fingerprint density at radius 3 is 2.62 bits per heavy atom. The third-order valence-corrected chi connectivity index (χ3v) is 3.27. The molecule has 21 heavy (non-hydrogen) atoms. The molecule has 112 valence electrons. The topological polar surface area (TPSA) is 34.1 Å². The van der Waals surface area contributed by atoms with Gasteiger partial charge in [-0.25, -0.2) is 0 Å². The van der Waals surface area contributed by atoms with Crippen LogP contribution in [0.1, 0.15) is 25.0 Å². The quantitative estimate of drug-likeness (QED) is 0.754. The zero-order valence-corrected chi connectivity index (χ0v) is 12.9. The van der Waals surface area contributed by atoms with Crippen LogP contribution in [0.2, 0.25) is 0 Å². The summed E-state index contributed by atoms with van der Waals surface area (Å²) in [7, 11) is 0. The molecule has 1 aromatic carbocycles. The second-order valence-electron chi connectivity index (χ2n) is 5.59. The average molecular weight is 284 g/mol. The summed E-state index contributed by atoms with van der Waals surface area (Å²) in [6.07, 6.45) is 4.52. The molecule has 0 radical (unpaired) electrons. The minimum atomic E-state index is 0.589. The molecular weight excluding hydrogens is 260 g/mol. The third kappa shape index (κ3) is 5.56. The Morgan fingerprint density at radius 1 is 1.10 bits per heavy atom. The number of ether oxygens (including phenoxy) is 1. The second-order valence-corrected chi connectivity index (χ2v) is 5.59. The van der Waals surface area contributed by atoms with E-state index in [0.29, 0.717) is 12.5 Å². The molecule has 0 fully saturated rings. The standard InChI is InChI=1S/C18H24N2O/c1-15(2)12-20-11-9-16-6-3-4-7-17(16)14-21-18-8-5-10-19-13-18/h3-8,10,13,15,20H,9,11-12,14H2,1-2H3. The van der Waals surface area contributed by atoms with Gasteiger partial charge in [-0.1, -0.05) is 38.1 Å². The molecule has 0 aliphatic rings. The van der Waals surface area contributed by atoms with Gasteiger partial charge in [0.25, 0.3) is 0 Å². The maximum absolute atomic E-state index is 5.79. The molecule has 0 bridgehead atoms. The van der Waals surface area contributed by atoms with Crippen molar-refractivity contribution in [1.29, 1.82) is 0 Å². The summed E-state index contributed by atoms with van der Waals surface area (Å²) < 4.78 is 5.79. The zero-order chi connectivity index (χ0) is 14.9. The molecule has 0 amide bonds. The van der Waals surface area contributed by atoms with Crippen molar-refractivity contribution < 1.29 is 4.74 Å². The first-order valence-electron chi connectivity index (χ1n) is 7.56. The molecule has 0 aliphatic carbocycles. The molecular formula is C18H24N2O. The molecule has 0 aliphatic heterocycles. The van der Waals surface area contributed by atoms with Crippen molar-refractivity contribution in [3.63, 3.8) is 0 Å². The highest BCUT2D eigenvalue weighted by Crippen LogP contribution is 2.14. The summed E-state index contributed by atoms with van der Waals surface area (Å²) in [6.45, 7) is 7.11. The van der Waals surface area contributed by atoms with Crippen LogP contribution in [0.15, 0.2) is 48.8 Å². The molecule has 0 spiro atoms. The van der Waals surface area contributed by atoms with Crippen molar-refractivity contribution >= 4 is 0 Å². The molecule has 3 nitrogen and oxygen atoms in total. The first-order valence-corrected chi connectivity index (χ1v) is 7.56. The normalized spacial score (nSPS) is 10.8. The Hall–Kier alpha value is -1.87. The number of benzene rings is 1. The Balaban J connectivity index is 1.87. The lowest BCUT2D eigenvalue weighted by atomic mass is 10.1. The summed E-state index contributed by atoms with van der Waals surface area (Å²) in [4.78, 5) is 4.06. The highest BCUT2D eigenvalue weighted by atomic mass is 16.5. The highest BCUT2D eigenvalue weighted by Gasteiger charge is 2.03. The van der Waals surface area contributed by atoms with E-state index < -0.39 is 0 Å². The highest BCUT2D eigenvalue weighted by molar-refractivity contribution is 5.27. The van der Waals surface area contributed by atoms with E-state index in [1.807, 2.05) is 12.1 Å². The predicted molar refractivity (Wildman–Crippen MR) is 86.4 cm³/mol. The van der Waals surface area contributed by atoms with E-state index in [1.54, 1.807) is 12.4 Å². The molecule has 1 N–H and O–H groups in total. The summed E-state index contributed by atoms with van der Waals surface area (Å²) >= 11 is 0. The molecule has 1 aromatic heterocycles. The number of pyridine rings is 1. The number of aromatic nitrogens is 1. The van der Waals surface area contributed by atoms with Crippen molar-refractivity contribution in [1.82, 2.24) is 10.3 Å². The molecule has 2 rings (SSSR count). The van der Waals surface area contributed by atoms with Gasteiger partial charge in [0, 0.05) is 6.20 Å². The van der Waals surface area contributed by atoms with Crippen LogP contribution in [0.4, 0.5) is 0 Å². The SMILES string of the molecule is CC(C)CNCCc1ccccc1COc1cccnc1. The fourth-order valence-electron chi connectivity index (χ4n) is 2.15. The Morgan fingerprint density at radius 2 is 1.90 bits per heavy atom. The van der Waals surface area contributed by atoms with Crippen LogP contribution in [0.5, 0.6) is 5.75 Å². The van der Waals surface area contributed by atoms with Gasteiger partial charge in [-0.2, -0.15) is 0 Å². The Bertz CT molecular complexity index is 526. The van der Waals surface area contributed by atoms with Crippen LogP contribution >= 0.6 is 0 Å². The van der Waals surface area contributed by atoms with Crippen LogP contribution < -0.4 is 10.1 Å². The van der Waals surface area contributed by atoms with Gasteiger partial charge in [0.05, 0.1) is 6.20 Å². The van der Waals surface area contributed by atoms with Crippen LogP contribution in [-0.4, -0.2) is 18.1 Å². The van der Waals surface area contributed by atoms with E-state index in [0.717, 1.165) is 25.3 Å². The number of rotatable bonds is 8. The number of nitrogens with zero attached hydrogens (tertiary/aromatic N) is 1. The largest absolute Gasteiger partial charge is 0.487 e. The summed E-state index contributed by atoms with van der Waals surface area (Å²) in [5, 5.41) is 3.48. The van der Waals surface area contributed by atoms with Crippen molar-refractivity contribution in [3.8, 4) is 5.75 Å². The smallest absolute Gasteiger partial charge is 0.138 e. The lowest BCUT2D eigenvalue weighted by Crippen LogP contribution is -2.22. The first-order chi connectivity index (χ1) is 10.3. The molecule has 0 atom stereocenters. The summed E-state index contributed by atoms with van der Waals surface area (Å²) in [5.41, 5.74) is 2.59. The van der Waals surface area contributed by atoms with Gasteiger partial charge in [0.2, 0.25) is 0 Å². The number of nitrogens with one attached hydrogen (secondary N) is 1. The molecule has 0 saturated carbocycles. The lowest BCUT2D eigenvalue weighted by Gasteiger charge is -2.12. The van der Waals surface area contributed by atoms with Crippen molar-refractivity contribution in [3.05, 3.63) is 59.9 Å². The maximum atomic E-state index is 5.79. The monoisotopic (exact) mass is 284 g/mol. The van der Waals surface area contributed by atoms with Crippen molar-refractivity contribution in [2.45, 2.75) is 26.9 Å². The first kappa shape index (κ1) is 15.5. The average Bonchev–Trinajstić information content (AvgIpc) is 2.51. The molecule has 1 heterocycles. The van der Waals surface area contributed by atoms with Gasteiger partial charge in [-0.15, -0.1) is 0 Å². The van der Waals surface area contributed by atoms with Crippen LogP contribution in [0.3, 0.4) is 0 Å². The Labute approximate surface area is 127 Å². The fraction of sp³-hybridized carbons (Fsp3) is 0.389. The second kappa shape index (κ2) is 8.42. The number of hydrogen-bond donors (Lipinski definition) is 1. The number of hydrogen-bond acceptors (Lipinski definition) is 3. The van der Waals surface area contributed by atoms with Gasteiger partial charge in [0.15, 0.2) is 0 Å². The maximum Gasteiger partial charge on any atom is 0.138 e. The van der Waals surface area contributed by atoms with Gasteiger partial charge in [-0.05, 0) is 48.7 Å². The van der Waals surface area contributed by atoms with Crippen molar-refractivity contribution in [2.24, 2.45) is 5.92 Å². The zero-order valence-electron chi connectivity index (χ0n) is 12.9. The third-order valence-electron chi connectivity index (χ3n) is 3.27. The van der Waals surface area contributed by atoms with E-state index in [1.165, 1.54) is 11.1 Å². The Kier molecular flexibility index (Phi) is 6.22. The minimum absolute atomic E-state index is 0.589. The van der Waals surface area contributed by atoms with Gasteiger partial charge >= 0.3 is 0 Å².